The quantitative estimate of drug-likeness (QED) is 0.740. The topological polar surface area (TPSA) is 12.0 Å². The molecule has 0 aliphatic carbocycles. The summed E-state index contributed by atoms with van der Waals surface area (Å²) in [5.74, 6) is 0. The van der Waals surface area contributed by atoms with Crippen LogP contribution in [-0.4, -0.2) is 6.54 Å². The summed E-state index contributed by atoms with van der Waals surface area (Å²) in [6.45, 7) is 1.20. The fraction of sp³-hybridized carbons (Fsp3) is 0.556. The van der Waals surface area contributed by atoms with Crippen molar-refractivity contribution >= 4 is 23.7 Å². The minimum atomic E-state index is 0. The van der Waals surface area contributed by atoms with E-state index in [1.54, 1.807) is 0 Å². The first-order chi connectivity index (χ1) is 5.47. The summed E-state index contributed by atoms with van der Waals surface area (Å²) >= 11 is 1.87. The number of piperidine rings is 1. The standard InChI is InChI=1S/C9H13NS.ClH/c1-2-6-10-8(4-1)9-5-3-7-11-9;/h3,5,7-8,10H,1-2,4,6H2;1H. The molecular formula is C9H14ClNS. The maximum Gasteiger partial charge on any atom is 0.0414 e. The smallest absolute Gasteiger partial charge is 0.0414 e. The van der Waals surface area contributed by atoms with Crippen LogP contribution in [0.3, 0.4) is 0 Å². The Hall–Kier alpha value is -0.0500. The Morgan fingerprint density at radius 3 is 2.92 bits per heavy atom. The van der Waals surface area contributed by atoms with Crippen molar-refractivity contribution in [3.8, 4) is 0 Å². The van der Waals surface area contributed by atoms with E-state index in [1.807, 2.05) is 11.3 Å². The van der Waals surface area contributed by atoms with Crippen molar-refractivity contribution in [2.45, 2.75) is 25.3 Å². The molecule has 2 heterocycles. The zero-order chi connectivity index (χ0) is 7.52. The van der Waals surface area contributed by atoms with Gasteiger partial charge in [-0.3, -0.25) is 0 Å². The summed E-state index contributed by atoms with van der Waals surface area (Å²) in [5, 5.41) is 5.69. The van der Waals surface area contributed by atoms with Gasteiger partial charge in [0.2, 0.25) is 0 Å². The molecule has 1 N–H and O–H groups in total. The average Bonchev–Trinajstić information content (AvgIpc) is 2.58. The van der Waals surface area contributed by atoms with E-state index in [9.17, 15) is 0 Å². The van der Waals surface area contributed by atoms with Gasteiger partial charge in [0.1, 0.15) is 0 Å². The molecule has 12 heavy (non-hydrogen) atoms. The predicted molar refractivity (Wildman–Crippen MR) is 56.2 cm³/mol. The molecule has 2 rings (SSSR count). The van der Waals surface area contributed by atoms with Crippen molar-refractivity contribution < 1.29 is 0 Å². The Bertz CT molecular complexity index is 204. The summed E-state index contributed by atoms with van der Waals surface area (Å²) in [6.07, 6.45) is 4.05. The number of hydrogen-bond acceptors (Lipinski definition) is 2. The Labute approximate surface area is 83.6 Å². The van der Waals surface area contributed by atoms with E-state index in [0.29, 0.717) is 6.04 Å². The molecule has 0 radical (unpaired) electrons. The summed E-state index contributed by atoms with van der Waals surface area (Å²) < 4.78 is 0. The summed E-state index contributed by atoms with van der Waals surface area (Å²) in [6, 6.07) is 5.02. The zero-order valence-electron chi connectivity index (χ0n) is 6.95. The Kier molecular flexibility index (Phi) is 4.06. The molecule has 0 aromatic carbocycles. The van der Waals surface area contributed by atoms with Crippen molar-refractivity contribution in [1.82, 2.24) is 5.32 Å². The van der Waals surface area contributed by atoms with Crippen LogP contribution in [0.25, 0.3) is 0 Å². The molecule has 1 saturated heterocycles. The molecule has 1 aliphatic heterocycles. The molecule has 3 heteroatoms. The Morgan fingerprint density at radius 2 is 2.33 bits per heavy atom. The van der Waals surface area contributed by atoms with E-state index in [1.165, 1.54) is 30.7 Å². The number of thiophene rings is 1. The number of halogens is 1. The van der Waals surface area contributed by atoms with Gasteiger partial charge in [-0.1, -0.05) is 12.5 Å². The van der Waals surface area contributed by atoms with Crippen LogP contribution in [0.5, 0.6) is 0 Å². The number of hydrogen-bond donors (Lipinski definition) is 1. The summed E-state index contributed by atoms with van der Waals surface area (Å²) in [4.78, 5) is 1.50. The molecular weight excluding hydrogens is 190 g/mol. The number of nitrogens with one attached hydrogen (secondary N) is 1. The van der Waals surface area contributed by atoms with Crippen molar-refractivity contribution in [1.29, 1.82) is 0 Å². The Morgan fingerprint density at radius 1 is 1.42 bits per heavy atom. The van der Waals surface area contributed by atoms with Gasteiger partial charge in [0.15, 0.2) is 0 Å². The molecule has 1 aromatic heterocycles. The largest absolute Gasteiger partial charge is 0.309 e. The second kappa shape index (κ2) is 4.85. The highest BCUT2D eigenvalue weighted by atomic mass is 35.5. The van der Waals surface area contributed by atoms with Crippen molar-refractivity contribution in [2.75, 3.05) is 6.54 Å². The van der Waals surface area contributed by atoms with E-state index in [0.717, 1.165) is 0 Å². The van der Waals surface area contributed by atoms with Crippen LogP contribution >= 0.6 is 23.7 Å². The molecule has 1 aromatic rings. The SMILES string of the molecule is Cl.c1csc(C2CCCCN2)c1. The van der Waals surface area contributed by atoms with Crippen LogP contribution < -0.4 is 5.32 Å². The van der Waals surface area contributed by atoms with Gasteiger partial charge < -0.3 is 5.32 Å². The van der Waals surface area contributed by atoms with E-state index < -0.39 is 0 Å². The van der Waals surface area contributed by atoms with Crippen molar-refractivity contribution in [2.24, 2.45) is 0 Å². The molecule has 1 aliphatic rings. The molecule has 1 nitrogen and oxygen atoms in total. The highest BCUT2D eigenvalue weighted by Crippen LogP contribution is 2.25. The van der Waals surface area contributed by atoms with Gasteiger partial charge in [-0.15, -0.1) is 23.7 Å². The lowest BCUT2D eigenvalue weighted by atomic mass is 10.0. The lowest BCUT2D eigenvalue weighted by Crippen LogP contribution is -2.25. The van der Waals surface area contributed by atoms with Crippen LogP contribution in [0.1, 0.15) is 30.2 Å². The maximum atomic E-state index is 3.53. The average molecular weight is 204 g/mol. The molecule has 1 atom stereocenters. The molecule has 0 amide bonds. The summed E-state index contributed by atoms with van der Waals surface area (Å²) in [5.41, 5.74) is 0. The lowest BCUT2D eigenvalue weighted by Gasteiger charge is -2.21. The zero-order valence-corrected chi connectivity index (χ0v) is 8.59. The molecule has 68 valence electrons. The van der Waals surface area contributed by atoms with E-state index in [-0.39, 0.29) is 12.4 Å². The maximum absolute atomic E-state index is 3.53. The van der Waals surface area contributed by atoms with E-state index in [2.05, 4.69) is 22.8 Å². The fourth-order valence-electron chi connectivity index (χ4n) is 1.58. The Balaban J connectivity index is 0.000000720. The van der Waals surface area contributed by atoms with Gasteiger partial charge in [0, 0.05) is 10.9 Å². The second-order valence-electron chi connectivity index (χ2n) is 3.02. The summed E-state index contributed by atoms with van der Waals surface area (Å²) in [7, 11) is 0. The minimum absolute atomic E-state index is 0. The first-order valence-corrected chi connectivity index (χ1v) is 5.11. The lowest BCUT2D eigenvalue weighted by molar-refractivity contribution is 0.417. The monoisotopic (exact) mass is 203 g/mol. The van der Waals surface area contributed by atoms with Crippen LogP contribution in [0.15, 0.2) is 17.5 Å². The normalized spacial score (nSPS) is 23.2. The van der Waals surface area contributed by atoms with Crippen LogP contribution in [0, 0.1) is 0 Å². The molecule has 0 bridgehead atoms. The van der Waals surface area contributed by atoms with Gasteiger partial charge in [-0.05, 0) is 30.8 Å². The predicted octanol–water partition coefficient (Wildman–Crippen LogP) is 2.98. The fourth-order valence-corrected chi connectivity index (χ4v) is 2.42. The molecule has 1 unspecified atom stereocenters. The molecule has 0 saturated carbocycles. The van der Waals surface area contributed by atoms with Crippen LogP contribution in [0.2, 0.25) is 0 Å². The van der Waals surface area contributed by atoms with E-state index >= 15 is 0 Å². The molecule has 0 spiro atoms. The highest BCUT2D eigenvalue weighted by Gasteiger charge is 2.14. The van der Waals surface area contributed by atoms with Gasteiger partial charge >= 0.3 is 0 Å². The van der Waals surface area contributed by atoms with Gasteiger partial charge in [-0.25, -0.2) is 0 Å². The first-order valence-electron chi connectivity index (χ1n) is 4.23. The second-order valence-corrected chi connectivity index (χ2v) is 4.00. The third-order valence-corrected chi connectivity index (χ3v) is 3.18. The van der Waals surface area contributed by atoms with Gasteiger partial charge in [-0.2, -0.15) is 0 Å². The van der Waals surface area contributed by atoms with E-state index in [4.69, 9.17) is 0 Å². The van der Waals surface area contributed by atoms with Gasteiger partial charge in [0.05, 0.1) is 0 Å². The number of rotatable bonds is 1. The van der Waals surface area contributed by atoms with Crippen molar-refractivity contribution in [3.05, 3.63) is 22.4 Å². The van der Waals surface area contributed by atoms with Crippen molar-refractivity contribution in [3.63, 3.8) is 0 Å². The first kappa shape index (κ1) is 10.0. The minimum Gasteiger partial charge on any atom is -0.309 e. The van der Waals surface area contributed by atoms with Crippen LogP contribution in [-0.2, 0) is 0 Å². The highest BCUT2D eigenvalue weighted by molar-refractivity contribution is 7.10. The van der Waals surface area contributed by atoms with Gasteiger partial charge in [0.25, 0.3) is 0 Å². The third-order valence-electron chi connectivity index (χ3n) is 2.20. The van der Waals surface area contributed by atoms with Crippen LogP contribution in [0.4, 0.5) is 0 Å². The third kappa shape index (κ3) is 2.22. The molecule has 1 fully saturated rings.